The molecule has 2 heterocycles. The topological polar surface area (TPSA) is 124 Å². The molecule has 2 rings (SSSR count). The van der Waals surface area contributed by atoms with Gasteiger partial charge in [0, 0.05) is 13.1 Å². The zero-order valence-electron chi connectivity index (χ0n) is 11.8. The molecule has 2 fully saturated rings. The number of hydrogen-bond donors (Lipinski definition) is 3. The fourth-order valence-electron chi connectivity index (χ4n) is 2.44. The minimum atomic E-state index is -2.87. The molecule has 2 saturated heterocycles. The SMILES string of the molecule is O=C(O)C(=O)O.O=S1(=O)CCCN1CCC1CCNCC1. The third kappa shape index (κ3) is 6.40. The van der Waals surface area contributed by atoms with Gasteiger partial charge in [-0.05, 0) is 44.7 Å². The van der Waals surface area contributed by atoms with Crippen LogP contribution in [-0.4, -0.2) is 66.8 Å². The van der Waals surface area contributed by atoms with Gasteiger partial charge in [-0.25, -0.2) is 22.3 Å². The summed E-state index contributed by atoms with van der Waals surface area (Å²) in [6.07, 6.45) is 4.26. The van der Waals surface area contributed by atoms with Gasteiger partial charge in [-0.1, -0.05) is 0 Å². The maximum atomic E-state index is 11.5. The predicted molar refractivity (Wildman–Crippen MR) is 75.5 cm³/mol. The van der Waals surface area contributed by atoms with Gasteiger partial charge < -0.3 is 15.5 Å². The number of nitrogens with one attached hydrogen (secondary N) is 1. The van der Waals surface area contributed by atoms with Gasteiger partial charge in [0.1, 0.15) is 0 Å². The summed E-state index contributed by atoms with van der Waals surface area (Å²) in [5.74, 6) is -2.56. The zero-order valence-corrected chi connectivity index (χ0v) is 12.6. The standard InChI is InChI=1S/C10H20N2O2S.C2H2O4/c13-15(14)9-1-7-12(15)8-4-10-2-5-11-6-3-10;3-1(4)2(5)6/h10-11H,1-9H2;(H,3,4)(H,5,6). The Bertz CT molecular complexity index is 446. The van der Waals surface area contributed by atoms with Crippen molar-refractivity contribution >= 4 is 22.0 Å². The maximum absolute atomic E-state index is 11.5. The van der Waals surface area contributed by atoms with Gasteiger partial charge in [-0.15, -0.1) is 0 Å². The van der Waals surface area contributed by atoms with Crippen molar-refractivity contribution in [2.75, 3.05) is 31.9 Å². The number of carboxylic acid groups (broad SMARTS) is 2. The molecular weight excluding hydrogens is 300 g/mol. The number of piperidine rings is 1. The van der Waals surface area contributed by atoms with E-state index < -0.39 is 22.0 Å². The van der Waals surface area contributed by atoms with Crippen molar-refractivity contribution in [3.63, 3.8) is 0 Å². The van der Waals surface area contributed by atoms with E-state index in [2.05, 4.69) is 5.32 Å². The fourth-order valence-corrected chi connectivity index (χ4v) is 3.98. The summed E-state index contributed by atoms with van der Waals surface area (Å²) < 4.78 is 24.8. The van der Waals surface area contributed by atoms with Crippen LogP contribution in [-0.2, 0) is 19.6 Å². The molecule has 0 amide bonds. The summed E-state index contributed by atoms with van der Waals surface area (Å²) in [4.78, 5) is 18.2. The van der Waals surface area contributed by atoms with Crippen LogP contribution in [0.1, 0.15) is 25.7 Å². The summed E-state index contributed by atoms with van der Waals surface area (Å²) in [5, 5.41) is 18.1. The van der Waals surface area contributed by atoms with Crippen LogP contribution in [0, 0.1) is 5.92 Å². The molecule has 2 aliphatic rings. The van der Waals surface area contributed by atoms with Gasteiger partial charge in [-0.2, -0.15) is 0 Å². The highest BCUT2D eigenvalue weighted by atomic mass is 32.2. The molecule has 21 heavy (non-hydrogen) atoms. The second-order valence-electron chi connectivity index (χ2n) is 5.16. The average molecular weight is 322 g/mol. The Morgan fingerprint density at radius 1 is 1.14 bits per heavy atom. The zero-order chi connectivity index (χ0) is 15.9. The smallest absolute Gasteiger partial charge is 0.414 e. The predicted octanol–water partition coefficient (Wildman–Crippen LogP) is -0.433. The molecule has 0 aromatic rings. The van der Waals surface area contributed by atoms with Gasteiger partial charge in [0.15, 0.2) is 0 Å². The van der Waals surface area contributed by atoms with E-state index in [0.29, 0.717) is 5.75 Å². The molecule has 0 aromatic carbocycles. The molecule has 0 atom stereocenters. The quantitative estimate of drug-likeness (QED) is 0.602. The monoisotopic (exact) mass is 322 g/mol. The first-order valence-corrected chi connectivity index (χ1v) is 8.58. The lowest BCUT2D eigenvalue weighted by Gasteiger charge is -2.24. The molecule has 0 bridgehead atoms. The molecule has 122 valence electrons. The van der Waals surface area contributed by atoms with E-state index in [-0.39, 0.29) is 0 Å². The summed E-state index contributed by atoms with van der Waals surface area (Å²) in [6, 6.07) is 0. The molecule has 9 heteroatoms. The Balaban J connectivity index is 0.000000315. The van der Waals surface area contributed by atoms with E-state index in [1.165, 1.54) is 12.8 Å². The molecule has 0 aliphatic carbocycles. The maximum Gasteiger partial charge on any atom is 0.414 e. The first-order chi connectivity index (χ1) is 9.83. The summed E-state index contributed by atoms with van der Waals surface area (Å²) in [6.45, 7) is 3.68. The first-order valence-electron chi connectivity index (χ1n) is 6.97. The Hall–Kier alpha value is -1.19. The Morgan fingerprint density at radius 3 is 2.14 bits per heavy atom. The number of carbonyl (C=O) groups is 2. The molecule has 0 unspecified atom stereocenters. The van der Waals surface area contributed by atoms with E-state index in [0.717, 1.165) is 44.9 Å². The largest absolute Gasteiger partial charge is 0.473 e. The summed E-state index contributed by atoms with van der Waals surface area (Å²) >= 11 is 0. The number of rotatable bonds is 3. The number of nitrogens with zero attached hydrogens (tertiary/aromatic N) is 1. The van der Waals surface area contributed by atoms with Gasteiger partial charge in [0.2, 0.25) is 10.0 Å². The van der Waals surface area contributed by atoms with Crippen LogP contribution in [0.4, 0.5) is 0 Å². The molecule has 0 spiro atoms. The van der Waals surface area contributed by atoms with Gasteiger partial charge >= 0.3 is 11.9 Å². The summed E-state index contributed by atoms with van der Waals surface area (Å²) in [5.41, 5.74) is 0. The van der Waals surface area contributed by atoms with Crippen molar-refractivity contribution in [1.82, 2.24) is 9.62 Å². The van der Waals surface area contributed by atoms with Crippen molar-refractivity contribution in [3.05, 3.63) is 0 Å². The van der Waals surface area contributed by atoms with Crippen molar-refractivity contribution in [1.29, 1.82) is 0 Å². The Kier molecular flexibility index (Phi) is 7.06. The molecule has 2 aliphatic heterocycles. The second-order valence-corrected chi connectivity index (χ2v) is 7.25. The van der Waals surface area contributed by atoms with E-state index in [1.54, 1.807) is 4.31 Å². The van der Waals surface area contributed by atoms with Crippen LogP contribution in [0.5, 0.6) is 0 Å². The lowest BCUT2D eigenvalue weighted by atomic mass is 9.95. The van der Waals surface area contributed by atoms with Crippen LogP contribution in [0.15, 0.2) is 0 Å². The van der Waals surface area contributed by atoms with Crippen LogP contribution < -0.4 is 5.32 Å². The van der Waals surface area contributed by atoms with Gasteiger partial charge in [0.05, 0.1) is 5.75 Å². The van der Waals surface area contributed by atoms with Gasteiger partial charge in [0.25, 0.3) is 0 Å². The molecule has 0 radical (unpaired) electrons. The van der Waals surface area contributed by atoms with Crippen molar-refractivity contribution in [2.24, 2.45) is 5.92 Å². The molecular formula is C12H22N2O6S. The van der Waals surface area contributed by atoms with Gasteiger partial charge in [-0.3, -0.25) is 0 Å². The first kappa shape index (κ1) is 17.9. The lowest BCUT2D eigenvalue weighted by molar-refractivity contribution is -0.159. The van der Waals surface area contributed by atoms with E-state index in [4.69, 9.17) is 19.8 Å². The lowest BCUT2D eigenvalue weighted by Crippen LogP contribution is -2.32. The molecule has 0 saturated carbocycles. The molecule has 0 aromatic heterocycles. The van der Waals surface area contributed by atoms with Crippen LogP contribution in [0.3, 0.4) is 0 Å². The van der Waals surface area contributed by atoms with Crippen molar-refractivity contribution in [3.8, 4) is 0 Å². The van der Waals surface area contributed by atoms with Crippen molar-refractivity contribution < 1.29 is 28.2 Å². The molecule has 3 N–H and O–H groups in total. The second kappa shape index (κ2) is 8.30. The fraction of sp³-hybridized carbons (Fsp3) is 0.833. The van der Waals surface area contributed by atoms with E-state index in [9.17, 15) is 8.42 Å². The highest BCUT2D eigenvalue weighted by molar-refractivity contribution is 7.89. The number of carboxylic acids is 2. The third-order valence-corrected chi connectivity index (χ3v) is 5.59. The summed E-state index contributed by atoms with van der Waals surface area (Å²) in [7, 11) is -2.87. The third-order valence-electron chi connectivity index (χ3n) is 3.63. The minimum Gasteiger partial charge on any atom is -0.473 e. The number of hydrogen-bond acceptors (Lipinski definition) is 5. The number of sulfonamides is 1. The van der Waals surface area contributed by atoms with Crippen LogP contribution in [0.25, 0.3) is 0 Å². The number of aliphatic carboxylic acids is 2. The van der Waals surface area contributed by atoms with E-state index >= 15 is 0 Å². The Morgan fingerprint density at radius 2 is 1.71 bits per heavy atom. The minimum absolute atomic E-state index is 0.360. The van der Waals surface area contributed by atoms with Crippen LogP contribution in [0.2, 0.25) is 0 Å². The average Bonchev–Trinajstić information content (AvgIpc) is 2.77. The Labute approximate surface area is 124 Å². The highest BCUT2D eigenvalue weighted by Crippen LogP contribution is 2.20. The van der Waals surface area contributed by atoms with Crippen LogP contribution >= 0.6 is 0 Å². The normalized spacial score (nSPS) is 22.3. The highest BCUT2D eigenvalue weighted by Gasteiger charge is 2.28. The molecule has 8 nitrogen and oxygen atoms in total. The van der Waals surface area contributed by atoms with Crippen molar-refractivity contribution in [2.45, 2.75) is 25.7 Å². The van der Waals surface area contributed by atoms with E-state index in [1.807, 2.05) is 0 Å².